The molecule has 0 bridgehead atoms. The summed E-state index contributed by atoms with van der Waals surface area (Å²) >= 11 is 0. The molecule has 0 amide bonds. The van der Waals surface area contributed by atoms with Crippen LogP contribution in [-0.4, -0.2) is 35.6 Å². The van der Waals surface area contributed by atoms with Gasteiger partial charge in [-0.2, -0.15) is 0 Å². The normalized spacial score (nSPS) is 17.4. The van der Waals surface area contributed by atoms with Crippen molar-refractivity contribution in [2.45, 2.75) is 38.4 Å². The SMILES string of the molecule is CCO[C@@H](Cc1cccc(C2=NOC(Cc3ccccc3)C2)c1)C(=O)O. The standard InChI is InChI=1S/C21H23NO4/c1-2-25-20(21(23)24)13-16-9-6-10-17(11-16)19-14-18(26-22-19)12-15-7-4-3-5-8-15/h3-11,18,20H,2,12-14H2,1H3,(H,23,24)/t18?,20-/m0/s1. The summed E-state index contributed by atoms with van der Waals surface area (Å²) in [6.07, 6.45) is 1.10. The Morgan fingerprint density at radius 3 is 2.73 bits per heavy atom. The number of hydrogen-bond donors (Lipinski definition) is 1. The van der Waals surface area contributed by atoms with E-state index in [2.05, 4.69) is 17.3 Å². The van der Waals surface area contributed by atoms with Gasteiger partial charge < -0.3 is 14.7 Å². The Kier molecular flexibility index (Phi) is 6.02. The van der Waals surface area contributed by atoms with Crippen LogP contribution in [0.3, 0.4) is 0 Å². The number of rotatable bonds is 8. The van der Waals surface area contributed by atoms with Gasteiger partial charge in [-0.15, -0.1) is 0 Å². The van der Waals surface area contributed by atoms with Crippen molar-refractivity contribution >= 4 is 11.7 Å². The van der Waals surface area contributed by atoms with Crippen molar-refractivity contribution in [3.63, 3.8) is 0 Å². The van der Waals surface area contributed by atoms with Crippen LogP contribution in [0.1, 0.15) is 30.0 Å². The summed E-state index contributed by atoms with van der Waals surface area (Å²) in [5, 5.41) is 13.5. The van der Waals surface area contributed by atoms with E-state index in [1.165, 1.54) is 5.56 Å². The summed E-state index contributed by atoms with van der Waals surface area (Å²) in [6.45, 7) is 2.17. The lowest BCUT2D eigenvalue weighted by Gasteiger charge is -2.13. The number of aliphatic carboxylic acids is 1. The molecular weight excluding hydrogens is 330 g/mol. The van der Waals surface area contributed by atoms with Crippen molar-refractivity contribution in [3.8, 4) is 0 Å². The highest BCUT2D eigenvalue weighted by atomic mass is 16.6. The number of carboxylic acids is 1. The average Bonchev–Trinajstić information content (AvgIpc) is 3.11. The second kappa shape index (κ2) is 8.63. The van der Waals surface area contributed by atoms with Crippen molar-refractivity contribution in [2.75, 3.05) is 6.61 Å². The van der Waals surface area contributed by atoms with Crippen LogP contribution in [0.25, 0.3) is 0 Å². The predicted octanol–water partition coefficient (Wildman–Crippen LogP) is 3.45. The molecule has 3 rings (SSSR count). The van der Waals surface area contributed by atoms with Gasteiger partial charge in [-0.3, -0.25) is 0 Å². The smallest absolute Gasteiger partial charge is 0.333 e. The minimum Gasteiger partial charge on any atom is -0.479 e. The second-order valence-corrected chi connectivity index (χ2v) is 6.35. The van der Waals surface area contributed by atoms with E-state index < -0.39 is 12.1 Å². The molecule has 1 N–H and O–H groups in total. The van der Waals surface area contributed by atoms with E-state index in [1.807, 2.05) is 42.5 Å². The van der Waals surface area contributed by atoms with Gasteiger partial charge in [0.1, 0.15) is 6.10 Å². The number of benzene rings is 2. The van der Waals surface area contributed by atoms with Gasteiger partial charge in [-0.1, -0.05) is 53.7 Å². The van der Waals surface area contributed by atoms with Gasteiger partial charge in [0.15, 0.2) is 6.10 Å². The molecule has 5 nitrogen and oxygen atoms in total. The number of oxime groups is 1. The summed E-state index contributed by atoms with van der Waals surface area (Å²) in [7, 11) is 0. The van der Waals surface area contributed by atoms with E-state index in [0.717, 1.165) is 29.7 Å². The van der Waals surface area contributed by atoms with Crippen molar-refractivity contribution in [3.05, 3.63) is 71.3 Å². The first-order valence-electron chi connectivity index (χ1n) is 8.86. The Bertz CT molecular complexity index is 773. The number of carboxylic acid groups (broad SMARTS) is 1. The zero-order valence-corrected chi connectivity index (χ0v) is 14.8. The molecule has 1 unspecified atom stereocenters. The minimum atomic E-state index is -0.943. The van der Waals surface area contributed by atoms with Crippen LogP contribution in [0.15, 0.2) is 59.8 Å². The molecule has 1 aliphatic rings. The maximum absolute atomic E-state index is 11.3. The quantitative estimate of drug-likeness (QED) is 0.789. The molecule has 0 saturated heterocycles. The minimum absolute atomic E-state index is 0.0336. The number of nitrogens with zero attached hydrogens (tertiary/aromatic N) is 1. The zero-order valence-electron chi connectivity index (χ0n) is 14.8. The van der Waals surface area contributed by atoms with Crippen molar-refractivity contribution in [1.82, 2.24) is 0 Å². The first-order valence-corrected chi connectivity index (χ1v) is 8.86. The van der Waals surface area contributed by atoms with Crippen molar-refractivity contribution in [1.29, 1.82) is 0 Å². The lowest BCUT2D eigenvalue weighted by atomic mass is 9.98. The van der Waals surface area contributed by atoms with Crippen molar-refractivity contribution < 1.29 is 19.5 Å². The van der Waals surface area contributed by atoms with Crippen LogP contribution in [0.2, 0.25) is 0 Å². The van der Waals surface area contributed by atoms with Crippen LogP contribution < -0.4 is 0 Å². The van der Waals surface area contributed by atoms with Gasteiger partial charge in [0.25, 0.3) is 0 Å². The number of hydrogen-bond acceptors (Lipinski definition) is 4. The largest absolute Gasteiger partial charge is 0.479 e. The third kappa shape index (κ3) is 4.70. The summed E-state index contributed by atoms with van der Waals surface area (Å²) in [5.41, 5.74) is 4.01. The number of carbonyl (C=O) groups is 1. The van der Waals surface area contributed by atoms with Crippen LogP contribution in [0, 0.1) is 0 Å². The van der Waals surface area contributed by atoms with E-state index in [9.17, 15) is 9.90 Å². The molecule has 1 heterocycles. The fourth-order valence-corrected chi connectivity index (χ4v) is 3.10. The van der Waals surface area contributed by atoms with Gasteiger partial charge in [-0.05, 0) is 29.7 Å². The van der Waals surface area contributed by atoms with Gasteiger partial charge in [-0.25, -0.2) is 4.79 Å². The topological polar surface area (TPSA) is 68.1 Å². The highest BCUT2D eigenvalue weighted by molar-refractivity contribution is 6.01. The molecular formula is C21H23NO4. The van der Waals surface area contributed by atoms with Gasteiger partial charge in [0, 0.05) is 25.9 Å². The fourth-order valence-electron chi connectivity index (χ4n) is 3.10. The van der Waals surface area contributed by atoms with Gasteiger partial charge in [0.05, 0.1) is 5.71 Å². The maximum atomic E-state index is 11.3. The molecule has 0 aromatic heterocycles. The van der Waals surface area contributed by atoms with Crippen molar-refractivity contribution in [2.24, 2.45) is 5.16 Å². The van der Waals surface area contributed by atoms with Gasteiger partial charge in [0.2, 0.25) is 0 Å². The average molecular weight is 353 g/mol. The summed E-state index contributed by atoms with van der Waals surface area (Å²) in [6, 6.07) is 18.0. The first-order chi connectivity index (χ1) is 12.7. The molecule has 0 saturated carbocycles. The van der Waals surface area contributed by atoms with E-state index >= 15 is 0 Å². The molecule has 2 aromatic rings. The Labute approximate surface area is 153 Å². The van der Waals surface area contributed by atoms with E-state index in [-0.39, 0.29) is 6.10 Å². The molecule has 5 heteroatoms. The molecule has 136 valence electrons. The Hall–Kier alpha value is -2.66. The second-order valence-electron chi connectivity index (χ2n) is 6.35. The lowest BCUT2D eigenvalue weighted by Crippen LogP contribution is -2.26. The Balaban J connectivity index is 1.64. The summed E-state index contributed by atoms with van der Waals surface area (Å²) in [4.78, 5) is 16.9. The number of ether oxygens (including phenoxy) is 1. The predicted molar refractivity (Wildman–Crippen MR) is 99.4 cm³/mol. The Morgan fingerprint density at radius 1 is 1.23 bits per heavy atom. The third-order valence-electron chi connectivity index (χ3n) is 4.36. The molecule has 1 aliphatic heterocycles. The molecule has 2 aromatic carbocycles. The van der Waals surface area contributed by atoms with E-state index in [0.29, 0.717) is 13.0 Å². The van der Waals surface area contributed by atoms with Gasteiger partial charge >= 0.3 is 5.97 Å². The highest BCUT2D eigenvalue weighted by Crippen LogP contribution is 2.21. The van der Waals surface area contributed by atoms with Crippen LogP contribution in [0.4, 0.5) is 0 Å². The molecule has 0 fully saturated rings. The maximum Gasteiger partial charge on any atom is 0.333 e. The Morgan fingerprint density at radius 2 is 2.00 bits per heavy atom. The molecule has 0 aliphatic carbocycles. The fraction of sp³-hybridized carbons (Fsp3) is 0.333. The zero-order chi connectivity index (χ0) is 18.4. The molecule has 0 radical (unpaired) electrons. The third-order valence-corrected chi connectivity index (χ3v) is 4.36. The molecule has 0 spiro atoms. The summed E-state index contributed by atoms with van der Waals surface area (Å²) < 4.78 is 5.30. The van der Waals surface area contributed by atoms with Crippen LogP contribution in [-0.2, 0) is 27.2 Å². The molecule has 26 heavy (non-hydrogen) atoms. The molecule has 2 atom stereocenters. The lowest BCUT2D eigenvalue weighted by molar-refractivity contribution is -0.149. The van der Waals surface area contributed by atoms with E-state index in [1.54, 1.807) is 6.92 Å². The summed E-state index contributed by atoms with van der Waals surface area (Å²) in [5.74, 6) is -0.943. The van der Waals surface area contributed by atoms with Crippen LogP contribution >= 0.6 is 0 Å². The van der Waals surface area contributed by atoms with Crippen LogP contribution in [0.5, 0.6) is 0 Å². The van der Waals surface area contributed by atoms with E-state index in [4.69, 9.17) is 9.57 Å². The first kappa shape index (κ1) is 18.1. The highest BCUT2D eigenvalue weighted by Gasteiger charge is 2.23. The monoisotopic (exact) mass is 353 g/mol.